The normalized spacial score (nSPS) is 20.9. The summed E-state index contributed by atoms with van der Waals surface area (Å²) in [6.45, 7) is 1.90. The molecule has 0 amide bonds. The van der Waals surface area contributed by atoms with Crippen LogP contribution in [0.25, 0.3) is 0 Å². The molecular weight excluding hydrogens is 188 g/mol. The molecule has 3 heteroatoms. The highest BCUT2D eigenvalue weighted by Crippen LogP contribution is 2.31. The third kappa shape index (κ3) is 1.89. The lowest BCUT2D eigenvalue weighted by atomic mass is 9.95. The van der Waals surface area contributed by atoms with Gasteiger partial charge < -0.3 is 10.5 Å². The average Bonchev–Trinajstić information content (AvgIpc) is 2.27. The molecule has 2 atom stereocenters. The lowest BCUT2D eigenvalue weighted by Crippen LogP contribution is -2.28. The molecule has 3 nitrogen and oxygen atoms in total. The summed E-state index contributed by atoms with van der Waals surface area (Å²) in [5.41, 5.74) is 7.61. The molecular formula is C12H14N2O. The Bertz CT molecular complexity index is 409. The number of nitrogens with zero attached hydrogens (tertiary/aromatic N) is 1. The molecule has 0 aliphatic carbocycles. The number of benzene rings is 1. The molecule has 1 aromatic rings. The van der Waals surface area contributed by atoms with Gasteiger partial charge in [0.1, 0.15) is 11.9 Å². The summed E-state index contributed by atoms with van der Waals surface area (Å²) in [6.07, 6.45) is 1.86. The second-order valence-corrected chi connectivity index (χ2v) is 3.98. The largest absolute Gasteiger partial charge is 0.489 e. The van der Waals surface area contributed by atoms with Gasteiger partial charge in [0.2, 0.25) is 0 Å². The molecule has 0 saturated carbocycles. The zero-order valence-corrected chi connectivity index (χ0v) is 8.73. The van der Waals surface area contributed by atoms with E-state index in [0.29, 0.717) is 0 Å². The second kappa shape index (κ2) is 3.82. The first-order chi connectivity index (χ1) is 7.20. The molecule has 0 aromatic heterocycles. The van der Waals surface area contributed by atoms with Gasteiger partial charge >= 0.3 is 0 Å². The van der Waals surface area contributed by atoms with E-state index in [9.17, 15) is 0 Å². The van der Waals surface area contributed by atoms with Crippen LogP contribution in [-0.4, -0.2) is 6.10 Å². The van der Waals surface area contributed by atoms with Crippen LogP contribution < -0.4 is 10.5 Å². The monoisotopic (exact) mass is 202 g/mol. The molecule has 1 aromatic carbocycles. The number of nitriles is 1. The lowest BCUT2D eigenvalue weighted by molar-refractivity contribution is 0.141. The van der Waals surface area contributed by atoms with E-state index in [0.717, 1.165) is 29.8 Å². The fraction of sp³-hybridized carbons (Fsp3) is 0.417. The molecule has 0 bridgehead atoms. The van der Waals surface area contributed by atoms with E-state index in [2.05, 4.69) is 6.07 Å². The highest BCUT2D eigenvalue weighted by molar-refractivity contribution is 5.48. The van der Waals surface area contributed by atoms with Gasteiger partial charge in [0.25, 0.3) is 0 Å². The van der Waals surface area contributed by atoms with E-state index in [1.54, 1.807) is 0 Å². The molecule has 1 aliphatic heterocycles. The first-order valence-corrected chi connectivity index (χ1v) is 5.15. The van der Waals surface area contributed by atoms with E-state index >= 15 is 0 Å². The third-order valence-corrected chi connectivity index (χ3v) is 2.82. The number of anilines is 1. The van der Waals surface area contributed by atoms with Crippen LogP contribution in [0.15, 0.2) is 18.2 Å². The van der Waals surface area contributed by atoms with Crippen LogP contribution in [0.1, 0.15) is 18.9 Å². The van der Waals surface area contributed by atoms with Crippen molar-refractivity contribution < 1.29 is 4.74 Å². The number of hydrogen-bond donors (Lipinski definition) is 1. The molecule has 78 valence electrons. The van der Waals surface area contributed by atoms with Gasteiger partial charge in [0, 0.05) is 5.69 Å². The fourth-order valence-corrected chi connectivity index (χ4v) is 1.86. The van der Waals surface area contributed by atoms with Crippen LogP contribution >= 0.6 is 0 Å². The maximum atomic E-state index is 8.83. The van der Waals surface area contributed by atoms with Crippen LogP contribution in [0.5, 0.6) is 5.75 Å². The Morgan fingerprint density at radius 1 is 1.60 bits per heavy atom. The van der Waals surface area contributed by atoms with Crippen molar-refractivity contribution in [1.82, 2.24) is 0 Å². The quantitative estimate of drug-likeness (QED) is 0.709. The average molecular weight is 202 g/mol. The standard InChI is InChI=1S/C12H14N2O/c1-8(7-13)11-4-2-9-6-10(14)3-5-12(9)15-11/h3,5-6,8,11H,2,4,14H2,1H3. The van der Waals surface area contributed by atoms with Gasteiger partial charge in [-0.25, -0.2) is 0 Å². The smallest absolute Gasteiger partial charge is 0.123 e. The van der Waals surface area contributed by atoms with Gasteiger partial charge in [0.15, 0.2) is 0 Å². The van der Waals surface area contributed by atoms with Crippen LogP contribution in [0.4, 0.5) is 5.69 Å². The first kappa shape index (κ1) is 9.85. The number of ether oxygens (including phenoxy) is 1. The van der Waals surface area contributed by atoms with Crippen molar-refractivity contribution in [3.63, 3.8) is 0 Å². The molecule has 2 unspecified atom stereocenters. The Hall–Kier alpha value is -1.69. The highest BCUT2D eigenvalue weighted by atomic mass is 16.5. The maximum absolute atomic E-state index is 8.83. The fourth-order valence-electron chi connectivity index (χ4n) is 1.86. The first-order valence-electron chi connectivity index (χ1n) is 5.15. The van der Waals surface area contributed by atoms with Gasteiger partial charge in [-0.1, -0.05) is 0 Å². The summed E-state index contributed by atoms with van der Waals surface area (Å²) >= 11 is 0. The Morgan fingerprint density at radius 2 is 2.40 bits per heavy atom. The Morgan fingerprint density at radius 3 is 3.13 bits per heavy atom. The number of fused-ring (bicyclic) bond motifs is 1. The molecule has 1 heterocycles. The maximum Gasteiger partial charge on any atom is 0.123 e. The Balaban J connectivity index is 2.21. The van der Waals surface area contributed by atoms with Crippen molar-refractivity contribution in [3.8, 4) is 11.8 Å². The predicted octanol–water partition coefficient (Wildman–Crippen LogP) is 2.12. The number of nitrogen functional groups attached to an aromatic ring is 1. The molecule has 1 aliphatic rings. The minimum absolute atomic E-state index is 0.0196. The predicted molar refractivity (Wildman–Crippen MR) is 58.4 cm³/mol. The van der Waals surface area contributed by atoms with Crippen molar-refractivity contribution >= 4 is 5.69 Å². The summed E-state index contributed by atoms with van der Waals surface area (Å²) in [6, 6.07) is 7.90. The molecule has 0 spiro atoms. The minimum Gasteiger partial charge on any atom is -0.489 e. The third-order valence-electron chi connectivity index (χ3n) is 2.82. The molecule has 0 fully saturated rings. The van der Waals surface area contributed by atoms with E-state index in [4.69, 9.17) is 15.7 Å². The van der Waals surface area contributed by atoms with E-state index in [1.165, 1.54) is 0 Å². The van der Waals surface area contributed by atoms with Crippen molar-refractivity contribution in [1.29, 1.82) is 5.26 Å². The summed E-state index contributed by atoms with van der Waals surface area (Å²) in [4.78, 5) is 0. The number of aryl methyl sites for hydroxylation is 1. The van der Waals surface area contributed by atoms with E-state index in [-0.39, 0.29) is 12.0 Å². The topological polar surface area (TPSA) is 59.0 Å². The minimum atomic E-state index is -0.0595. The SMILES string of the molecule is CC(C#N)C1CCc2cc(N)ccc2O1. The molecule has 2 N–H and O–H groups in total. The van der Waals surface area contributed by atoms with E-state index in [1.807, 2.05) is 25.1 Å². The van der Waals surface area contributed by atoms with Gasteiger partial charge in [0.05, 0.1) is 12.0 Å². The lowest BCUT2D eigenvalue weighted by Gasteiger charge is -2.27. The van der Waals surface area contributed by atoms with Crippen LogP contribution in [0.2, 0.25) is 0 Å². The zero-order chi connectivity index (χ0) is 10.8. The van der Waals surface area contributed by atoms with Crippen LogP contribution in [0, 0.1) is 17.2 Å². The molecule has 0 radical (unpaired) electrons. The number of nitrogens with two attached hydrogens (primary N) is 1. The van der Waals surface area contributed by atoms with Gasteiger partial charge in [-0.15, -0.1) is 0 Å². The van der Waals surface area contributed by atoms with Gasteiger partial charge in [-0.3, -0.25) is 0 Å². The van der Waals surface area contributed by atoms with Crippen molar-refractivity contribution in [2.75, 3.05) is 5.73 Å². The van der Waals surface area contributed by atoms with Gasteiger partial charge in [-0.2, -0.15) is 5.26 Å². The van der Waals surface area contributed by atoms with Crippen molar-refractivity contribution in [2.45, 2.75) is 25.9 Å². The number of rotatable bonds is 1. The Labute approximate surface area is 89.5 Å². The van der Waals surface area contributed by atoms with Crippen LogP contribution in [-0.2, 0) is 6.42 Å². The summed E-state index contributed by atoms with van der Waals surface area (Å²) in [7, 11) is 0. The second-order valence-electron chi connectivity index (χ2n) is 3.98. The van der Waals surface area contributed by atoms with Gasteiger partial charge in [-0.05, 0) is 43.5 Å². The summed E-state index contributed by atoms with van der Waals surface area (Å²) in [5, 5.41) is 8.83. The number of hydrogen-bond acceptors (Lipinski definition) is 3. The highest BCUT2D eigenvalue weighted by Gasteiger charge is 2.24. The summed E-state index contributed by atoms with van der Waals surface area (Å²) in [5.74, 6) is 0.818. The van der Waals surface area contributed by atoms with Crippen LogP contribution in [0.3, 0.4) is 0 Å². The van der Waals surface area contributed by atoms with Crippen molar-refractivity contribution in [2.24, 2.45) is 5.92 Å². The summed E-state index contributed by atoms with van der Waals surface area (Å²) < 4.78 is 5.76. The molecule has 15 heavy (non-hydrogen) atoms. The zero-order valence-electron chi connectivity index (χ0n) is 8.73. The van der Waals surface area contributed by atoms with E-state index < -0.39 is 0 Å². The molecule has 2 rings (SSSR count). The van der Waals surface area contributed by atoms with Crippen molar-refractivity contribution in [3.05, 3.63) is 23.8 Å². The molecule has 0 saturated heterocycles. The Kier molecular flexibility index (Phi) is 2.51.